The first-order valence-electron chi connectivity index (χ1n) is 9.85. The minimum atomic E-state index is -0.779. The molecule has 30 heavy (non-hydrogen) atoms. The third kappa shape index (κ3) is 6.17. The molecule has 0 bridgehead atoms. The predicted molar refractivity (Wildman–Crippen MR) is 111 cm³/mol. The van der Waals surface area contributed by atoms with E-state index in [-0.39, 0.29) is 5.92 Å². The summed E-state index contributed by atoms with van der Waals surface area (Å²) in [7, 11) is 1.26. The Kier molecular flexibility index (Phi) is 8.15. The van der Waals surface area contributed by atoms with Crippen LogP contribution in [0.25, 0.3) is 0 Å². The summed E-state index contributed by atoms with van der Waals surface area (Å²) in [6.45, 7) is 7.41. The van der Waals surface area contributed by atoms with Gasteiger partial charge in [-0.15, -0.1) is 0 Å². The maximum absolute atomic E-state index is 12.6. The quantitative estimate of drug-likeness (QED) is 0.632. The van der Waals surface area contributed by atoms with Gasteiger partial charge in [-0.3, -0.25) is 9.48 Å². The third-order valence-electron chi connectivity index (χ3n) is 4.62. The van der Waals surface area contributed by atoms with Gasteiger partial charge in [0.25, 0.3) is 5.91 Å². The molecule has 1 unspecified atom stereocenters. The average molecular weight is 415 g/mol. The molecule has 2 aromatic rings. The van der Waals surface area contributed by atoms with Gasteiger partial charge >= 0.3 is 11.9 Å². The van der Waals surface area contributed by atoms with E-state index >= 15 is 0 Å². The van der Waals surface area contributed by atoms with Gasteiger partial charge in [-0.25, -0.2) is 9.59 Å². The Labute approximate surface area is 176 Å². The Morgan fingerprint density at radius 1 is 1.13 bits per heavy atom. The fourth-order valence-electron chi connectivity index (χ4n) is 3.17. The lowest BCUT2D eigenvalue weighted by molar-refractivity contribution is -0.145. The first-order valence-corrected chi connectivity index (χ1v) is 9.85. The summed E-state index contributed by atoms with van der Waals surface area (Å²) in [4.78, 5) is 36.6. The molecule has 2 rings (SSSR count). The average Bonchev–Trinajstić information content (AvgIpc) is 2.98. The van der Waals surface area contributed by atoms with Crippen LogP contribution in [0.2, 0.25) is 0 Å². The summed E-state index contributed by atoms with van der Waals surface area (Å²) >= 11 is 0. The van der Waals surface area contributed by atoms with Crippen molar-refractivity contribution in [2.24, 2.45) is 5.92 Å². The molecule has 0 spiro atoms. The zero-order valence-corrected chi connectivity index (χ0v) is 18.1. The van der Waals surface area contributed by atoms with Crippen LogP contribution in [0.4, 0.5) is 0 Å². The molecule has 0 fully saturated rings. The third-order valence-corrected chi connectivity index (χ3v) is 4.62. The van der Waals surface area contributed by atoms with Gasteiger partial charge in [0.15, 0.2) is 6.61 Å². The fraction of sp³-hybridized carbons (Fsp3) is 0.455. The van der Waals surface area contributed by atoms with Crippen molar-refractivity contribution < 1.29 is 23.9 Å². The van der Waals surface area contributed by atoms with Gasteiger partial charge in [0.05, 0.1) is 25.0 Å². The SMILES string of the molecule is COC(=O)C(CC(C)C)NC(=O)COC(=O)c1c(C)nn(Cc2ccccc2)c1C. The summed E-state index contributed by atoms with van der Waals surface area (Å²) < 4.78 is 11.6. The number of amides is 1. The highest BCUT2D eigenvalue weighted by Gasteiger charge is 2.25. The van der Waals surface area contributed by atoms with Crippen LogP contribution in [0.1, 0.15) is 47.6 Å². The summed E-state index contributed by atoms with van der Waals surface area (Å²) in [5.74, 6) is -1.54. The number of ether oxygens (including phenoxy) is 2. The van der Waals surface area contributed by atoms with Crippen LogP contribution in [0, 0.1) is 19.8 Å². The first kappa shape index (κ1) is 23.1. The lowest BCUT2D eigenvalue weighted by Crippen LogP contribution is -2.44. The van der Waals surface area contributed by atoms with E-state index in [4.69, 9.17) is 9.47 Å². The van der Waals surface area contributed by atoms with Crippen LogP contribution in [0.3, 0.4) is 0 Å². The van der Waals surface area contributed by atoms with E-state index in [1.807, 2.05) is 44.2 Å². The van der Waals surface area contributed by atoms with Gasteiger partial charge in [-0.1, -0.05) is 44.2 Å². The monoisotopic (exact) mass is 415 g/mol. The molecular formula is C22H29N3O5. The molecule has 0 aliphatic rings. The number of hydrogen-bond donors (Lipinski definition) is 1. The van der Waals surface area contributed by atoms with Crippen LogP contribution < -0.4 is 5.32 Å². The standard InChI is InChI=1S/C22H29N3O5/c1-14(2)11-18(21(27)29-5)23-19(26)13-30-22(28)20-15(3)24-25(16(20)4)12-17-9-7-6-8-10-17/h6-10,14,18H,11-13H2,1-5H3,(H,23,26). The van der Waals surface area contributed by atoms with E-state index in [2.05, 4.69) is 10.4 Å². The Morgan fingerprint density at radius 3 is 2.40 bits per heavy atom. The Morgan fingerprint density at radius 2 is 1.80 bits per heavy atom. The van der Waals surface area contributed by atoms with Gasteiger partial charge in [0, 0.05) is 0 Å². The van der Waals surface area contributed by atoms with Crippen molar-refractivity contribution in [1.29, 1.82) is 0 Å². The molecule has 0 aliphatic carbocycles. The summed E-state index contributed by atoms with van der Waals surface area (Å²) in [6, 6.07) is 9.00. The van der Waals surface area contributed by atoms with Gasteiger partial charge in [-0.2, -0.15) is 5.10 Å². The van der Waals surface area contributed by atoms with Gasteiger partial charge in [0.1, 0.15) is 11.6 Å². The van der Waals surface area contributed by atoms with Gasteiger partial charge in [-0.05, 0) is 31.7 Å². The van der Waals surface area contributed by atoms with Crippen molar-refractivity contribution in [2.45, 2.75) is 46.7 Å². The maximum Gasteiger partial charge on any atom is 0.342 e. The summed E-state index contributed by atoms with van der Waals surface area (Å²) in [6.07, 6.45) is 0.427. The Balaban J connectivity index is 2.00. The number of hydrogen-bond acceptors (Lipinski definition) is 6. The van der Waals surface area contributed by atoms with Crippen molar-refractivity contribution in [3.05, 3.63) is 52.8 Å². The molecule has 1 amide bonds. The van der Waals surface area contributed by atoms with Crippen LogP contribution in [0.15, 0.2) is 30.3 Å². The minimum Gasteiger partial charge on any atom is -0.467 e. The van der Waals surface area contributed by atoms with Crippen LogP contribution >= 0.6 is 0 Å². The van der Waals surface area contributed by atoms with E-state index in [0.717, 1.165) is 5.56 Å². The van der Waals surface area contributed by atoms with E-state index in [0.29, 0.717) is 29.9 Å². The van der Waals surface area contributed by atoms with E-state index in [1.165, 1.54) is 7.11 Å². The highest BCUT2D eigenvalue weighted by atomic mass is 16.5. The molecule has 0 radical (unpaired) electrons. The number of benzene rings is 1. The molecule has 1 N–H and O–H groups in total. The van der Waals surface area contributed by atoms with E-state index < -0.39 is 30.5 Å². The zero-order chi connectivity index (χ0) is 22.3. The second kappa shape index (κ2) is 10.6. The second-order valence-corrected chi connectivity index (χ2v) is 7.54. The first-order chi connectivity index (χ1) is 14.2. The molecule has 0 saturated carbocycles. The van der Waals surface area contributed by atoms with E-state index in [9.17, 15) is 14.4 Å². The predicted octanol–water partition coefficient (Wildman–Crippen LogP) is 2.41. The summed E-state index contributed by atoms with van der Waals surface area (Å²) in [5.41, 5.74) is 2.59. The maximum atomic E-state index is 12.6. The smallest absolute Gasteiger partial charge is 0.342 e. The van der Waals surface area contributed by atoms with Crippen molar-refractivity contribution in [3.8, 4) is 0 Å². The lowest BCUT2D eigenvalue weighted by Gasteiger charge is -2.18. The number of aromatic nitrogens is 2. The molecule has 0 aliphatic heterocycles. The number of aryl methyl sites for hydroxylation is 1. The lowest BCUT2D eigenvalue weighted by atomic mass is 10.0. The molecule has 1 atom stereocenters. The normalized spacial score (nSPS) is 11.8. The van der Waals surface area contributed by atoms with Crippen molar-refractivity contribution >= 4 is 17.8 Å². The van der Waals surface area contributed by atoms with Gasteiger partial charge in [0.2, 0.25) is 0 Å². The number of nitrogens with one attached hydrogen (secondary N) is 1. The molecule has 1 aromatic heterocycles. The van der Waals surface area contributed by atoms with E-state index in [1.54, 1.807) is 18.5 Å². The fourth-order valence-corrected chi connectivity index (χ4v) is 3.17. The minimum absolute atomic E-state index is 0.178. The summed E-state index contributed by atoms with van der Waals surface area (Å²) in [5, 5.41) is 6.98. The number of esters is 2. The molecule has 162 valence electrons. The highest BCUT2D eigenvalue weighted by molar-refractivity contribution is 5.94. The van der Waals surface area contributed by atoms with Crippen molar-refractivity contribution in [1.82, 2.24) is 15.1 Å². The van der Waals surface area contributed by atoms with Crippen LogP contribution in [0.5, 0.6) is 0 Å². The molecule has 0 saturated heterocycles. The second-order valence-electron chi connectivity index (χ2n) is 7.54. The number of methoxy groups -OCH3 is 1. The largest absolute Gasteiger partial charge is 0.467 e. The molecule has 8 heteroatoms. The number of carbonyl (C=O) groups excluding carboxylic acids is 3. The van der Waals surface area contributed by atoms with Crippen LogP contribution in [-0.2, 0) is 25.6 Å². The van der Waals surface area contributed by atoms with Crippen LogP contribution in [-0.4, -0.2) is 47.4 Å². The number of carbonyl (C=O) groups is 3. The zero-order valence-electron chi connectivity index (χ0n) is 18.1. The van der Waals surface area contributed by atoms with Crippen molar-refractivity contribution in [2.75, 3.05) is 13.7 Å². The number of rotatable bonds is 9. The van der Waals surface area contributed by atoms with Gasteiger partial charge < -0.3 is 14.8 Å². The molecule has 8 nitrogen and oxygen atoms in total. The molecular weight excluding hydrogens is 386 g/mol. The highest BCUT2D eigenvalue weighted by Crippen LogP contribution is 2.16. The molecule has 1 heterocycles. The molecule has 1 aromatic carbocycles. The number of nitrogens with zero attached hydrogens (tertiary/aromatic N) is 2. The Hall–Kier alpha value is -3.16. The topological polar surface area (TPSA) is 99.5 Å². The Bertz CT molecular complexity index is 890. The van der Waals surface area contributed by atoms with Crippen molar-refractivity contribution in [3.63, 3.8) is 0 Å².